The topological polar surface area (TPSA) is 56.5 Å². The molecule has 0 aliphatic heterocycles. The molecular formula is C12H12F3N3O2. The minimum absolute atomic E-state index is 0.115. The fourth-order valence-electron chi connectivity index (χ4n) is 1.74. The van der Waals surface area contributed by atoms with Crippen molar-refractivity contribution in [3.8, 4) is 0 Å². The van der Waals surface area contributed by atoms with E-state index in [1.807, 2.05) is 0 Å². The maximum Gasteiger partial charge on any atom is 0.417 e. The van der Waals surface area contributed by atoms with Crippen LogP contribution in [0.15, 0.2) is 18.3 Å². The molecule has 2 aromatic heterocycles. The second-order valence-corrected chi connectivity index (χ2v) is 4.18. The number of pyridine rings is 1. The van der Waals surface area contributed by atoms with Crippen molar-refractivity contribution in [1.82, 2.24) is 14.6 Å². The highest BCUT2D eigenvalue weighted by molar-refractivity contribution is 5.76. The Morgan fingerprint density at radius 1 is 1.40 bits per heavy atom. The highest BCUT2D eigenvalue weighted by atomic mass is 19.4. The first-order valence-electron chi connectivity index (χ1n) is 5.93. The predicted octanol–water partition coefficient (Wildman–Crippen LogP) is 2.41. The molecule has 0 bridgehead atoms. The first-order chi connectivity index (χ1) is 9.34. The van der Waals surface area contributed by atoms with Gasteiger partial charge in [0, 0.05) is 6.20 Å². The predicted molar refractivity (Wildman–Crippen MR) is 63.0 cm³/mol. The molecule has 0 spiro atoms. The Hall–Kier alpha value is -2.12. The third-order valence-electron chi connectivity index (χ3n) is 2.78. The summed E-state index contributed by atoms with van der Waals surface area (Å²) in [6.45, 7) is 3.34. The number of carbonyl (C=O) groups is 1. The highest BCUT2D eigenvalue weighted by Gasteiger charge is 2.32. The van der Waals surface area contributed by atoms with Crippen LogP contribution in [0.3, 0.4) is 0 Å². The molecule has 108 valence electrons. The van der Waals surface area contributed by atoms with Crippen molar-refractivity contribution in [3.63, 3.8) is 0 Å². The van der Waals surface area contributed by atoms with E-state index in [1.54, 1.807) is 6.92 Å². The number of hydrogen-bond acceptors (Lipinski definition) is 4. The van der Waals surface area contributed by atoms with Crippen LogP contribution >= 0.6 is 0 Å². The van der Waals surface area contributed by atoms with Gasteiger partial charge in [-0.2, -0.15) is 13.2 Å². The maximum absolute atomic E-state index is 12.7. The molecule has 1 atom stereocenters. The number of fused-ring (bicyclic) bond motifs is 1. The number of alkyl halides is 3. The molecule has 0 radical (unpaired) electrons. The van der Waals surface area contributed by atoms with Crippen LogP contribution in [0, 0.1) is 0 Å². The van der Waals surface area contributed by atoms with Gasteiger partial charge in [-0.15, -0.1) is 10.2 Å². The molecule has 20 heavy (non-hydrogen) atoms. The van der Waals surface area contributed by atoms with Crippen molar-refractivity contribution in [2.45, 2.75) is 25.9 Å². The summed E-state index contributed by atoms with van der Waals surface area (Å²) in [5, 5.41) is 7.51. The number of esters is 1. The van der Waals surface area contributed by atoms with Gasteiger partial charge in [-0.3, -0.25) is 9.20 Å². The first-order valence-corrected chi connectivity index (χ1v) is 5.93. The van der Waals surface area contributed by atoms with Crippen molar-refractivity contribution in [2.24, 2.45) is 0 Å². The first kappa shape index (κ1) is 14.3. The van der Waals surface area contributed by atoms with Crippen molar-refractivity contribution in [2.75, 3.05) is 6.61 Å². The average Bonchev–Trinajstić information content (AvgIpc) is 2.79. The summed E-state index contributed by atoms with van der Waals surface area (Å²) in [6, 6.07) is 2.13. The van der Waals surface area contributed by atoms with Gasteiger partial charge in [-0.05, 0) is 26.0 Å². The molecule has 0 amide bonds. The molecule has 2 heterocycles. The zero-order chi connectivity index (χ0) is 14.9. The van der Waals surface area contributed by atoms with Crippen LogP contribution in [0.25, 0.3) is 5.65 Å². The lowest BCUT2D eigenvalue weighted by Crippen LogP contribution is -2.16. The van der Waals surface area contributed by atoms with E-state index in [1.165, 1.54) is 13.0 Å². The van der Waals surface area contributed by atoms with Gasteiger partial charge in [-0.25, -0.2) is 0 Å². The number of rotatable bonds is 3. The summed E-state index contributed by atoms with van der Waals surface area (Å²) in [7, 11) is 0. The van der Waals surface area contributed by atoms with Crippen LogP contribution in [0.4, 0.5) is 13.2 Å². The number of hydrogen-bond donors (Lipinski definition) is 0. The molecule has 0 saturated carbocycles. The third-order valence-corrected chi connectivity index (χ3v) is 2.78. The average molecular weight is 287 g/mol. The van der Waals surface area contributed by atoms with Crippen molar-refractivity contribution in [3.05, 3.63) is 29.7 Å². The molecule has 5 nitrogen and oxygen atoms in total. The maximum atomic E-state index is 12.7. The third kappa shape index (κ3) is 2.59. The molecule has 2 aromatic rings. The molecule has 0 saturated heterocycles. The fourth-order valence-corrected chi connectivity index (χ4v) is 1.74. The normalized spacial score (nSPS) is 13.4. The molecule has 8 heteroatoms. The summed E-state index contributed by atoms with van der Waals surface area (Å²) in [4.78, 5) is 11.6. The van der Waals surface area contributed by atoms with E-state index in [9.17, 15) is 18.0 Å². The lowest BCUT2D eigenvalue weighted by atomic mass is 10.1. The number of halogens is 3. The monoisotopic (exact) mass is 287 g/mol. The molecule has 0 aromatic carbocycles. The van der Waals surface area contributed by atoms with E-state index in [4.69, 9.17) is 4.74 Å². The van der Waals surface area contributed by atoms with Gasteiger partial charge in [0.25, 0.3) is 0 Å². The van der Waals surface area contributed by atoms with E-state index in [2.05, 4.69) is 10.2 Å². The Morgan fingerprint density at radius 3 is 2.70 bits per heavy atom. The van der Waals surface area contributed by atoms with Gasteiger partial charge in [0.15, 0.2) is 11.5 Å². The number of aromatic nitrogens is 3. The number of carbonyl (C=O) groups excluding carboxylic acids is 1. The van der Waals surface area contributed by atoms with Gasteiger partial charge >= 0.3 is 12.1 Å². The van der Waals surface area contributed by atoms with Crippen molar-refractivity contribution >= 4 is 11.6 Å². The Labute approximate surface area is 112 Å². The zero-order valence-corrected chi connectivity index (χ0v) is 10.8. The highest BCUT2D eigenvalue weighted by Crippen LogP contribution is 2.29. The number of ether oxygens (including phenoxy) is 1. The Kier molecular flexibility index (Phi) is 3.65. The van der Waals surface area contributed by atoms with Gasteiger partial charge < -0.3 is 4.74 Å². The zero-order valence-electron chi connectivity index (χ0n) is 10.8. The minimum atomic E-state index is -4.47. The summed E-state index contributed by atoms with van der Waals surface area (Å²) in [5.41, 5.74) is -0.591. The van der Waals surface area contributed by atoms with E-state index < -0.39 is 23.6 Å². The molecule has 1 unspecified atom stereocenters. The van der Waals surface area contributed by atoms with Gasteiger partial charge in [0.05, 0.1) is 12.2 Å². The SMILES string of the molecule is CCOC(=O)C(C)c1nnc2ccc(C(F)(F)F)cn12. The summed E-state index contributed by atoms with van der Waals surface area (Å²) < 4.78 is 44.1. The smallest absolute Gasteiger partial charge is 0.417 e. The second kappa shape index (κ2) is 5.10. The molecule has 0 aliphatic rings. The molecule has 2 rings (SSSR count). The lowest BCUT2D eigenvalue weighted by molar-refractivity contribution is -0.144. The fraction of sp³-hybridized carbons (Fsp3) is 0.417. The largest absolute Gasteiger partial charge is 0.465 e. The van der Waals surface area contributed by atoms with Crippen LogP contribution < -0.4 is 0 Å². The van der Waals surface area contributed by atoms with Crippen LogP contribution in [-0.2, 0) is 15.7 Å². The van der Waals surface area contributed by atoms with Gasteiger partial charge in [-0.1, -0.05) is 0 Å². The standard InChI is InChI=1S/C12H12F3N3O2/c1-3-20-11(19)7(2)10-17-16-9-5-4-8(6-18(9)10)12(13,14)15/h4-7H,3H2,1-2H3. The van der Waals surface area contributed by atoms with E-state index >= 15 is 0 Å². The summed E-state index contributed by atoms with van der Waals surface area (Å²) in [6.07, 6.45) is -3.59. The molecule has 0 aliphatic carbocycles. The molecule has 0 N–H and O–H groups in total. The lowest BCUT2D eigenvalue weighted by Gasteiger charge is -2.10. The summed E-state index contributed by atoms with van der Waals surface area (Å²) >= 11 is 0. The van der Waals surface area contributed by atoms with E-state index in [0.29, 0.717) is 0 Å². The quantitative estimate of drug-likeness (QED) is 0.813. The van der Waals surface area contributed by atoms with Crippen LogP contribution in [0.5, 0.6) is 0 Å². The Balaban J connectivity index is 2.47. The van der Waals surface area contributed by atoms with E-state index in [0.717, 1.165) is 16.7 Å². The minimum Gasteiger partial charge on any atom is -0.465 e. The van der Waals surface area contributed by atoms with Crippen LogP contribution in [-0.4, -0.2) is 27.2 Å². The van der Waals surface area contributed by atoms with Crippen LogP contribution in [0.2, 0.25) is 0 Å². The number of nitrogens with zero attached hydrogens (tertiary/aromatic N) is 3. The van der Waals surface area contributed by atoms with E-state index in [-0.39, 0.29) is 18.1 Å². The molecule has 0 fully saturated rings. The Morgan fingerprint density at radius 2 is 2.10 bits per heavy atom. The van der Waals surface area contributed by atoms with Gasteiger partial charge in [0.1, 0.15) is 5.92 Å². The second-order valence-electron chi connectivity index (χ2n) is 4.18. The van der Waals surface area contributed by atoms with Crippen molar-refractivity contribution < 1.29 is 22.7 Å². The summed E-state index contributed by atoms with van der Waals surface area (Å²) in [5.74, 6) is -1.24. The Bertz CT molecular complexity index is 636. The molecular weight excluding hydrogens is 275 g/mol. The van der Waals surface area contributed by atoms with Gasteiger partial charge in [0.2, 0.25) is 0 Å². The van der Waals surface area contributed by atoms with Crippen LogP contribution in [0.1, 0.15) is 31.2 Å². The van der Waals surface area contributed by atoms with Crippen molar-refractivity contribution in [1.29, 1.82) is 0 Å².